The third-order valence-electron chi connectivity index (χ3n) is 2.67. The van der Waals surface area contributed by atoms with Crippen molar-refractivity contribution >= 4 is 23.0 Å². The molecule has 0 saturated heterocycles. The van der Waals surface area contributed by atoms with Crippen molar-refractivity contribution < 1.29 is 8.81 Å². The van der Waals surface area contributed by atoms with Crippen LogP contribution in [0.3, 0.4) is 0 Å². The Morgan fingerprint density at radius 2 is 2.11 bits per heavy atom. The minimum absolute atomic E-state index is 0.0571. The van der Waals surface area contributed by atoms with E-state index in [1.807, 2.05) is 31.0 Å². The van der Waals surface area contributed by atoms with Gasteiger partial charge in [-0.25, -0.2) is 4.39 Å². The number of hydrogen-bond donors (Lipinski definition) is 1. The molecule has 3 nitrogen and oxygen atoms in total. The van der Waals surface area contributed by atoms with Crippen LogP contribution < -0.4 is 10.6 Å². The van der Waals surface area contributed by atoms with E-state index in [0.29, 0.717) is 17.9 Å². The number of nitrogens with zero attached hydrogens (tertiary/aromatic N) is 1. The minimum Gasteiger partial charge on any atom is -0.464 e. The number of rotatable bonds is 3. The van der Waals surface area contributed by atoms with Gasteiger partial charge in [-0.15, -0.1) is 0 Å². The summed E-state index contributed by atoms with van der Waals surface area (Å²) >= 11 is 5.76. The fourth-order valence-electron chi connectivity index (χ4n) is 1.77. The molecule has 1 aromatic heterocycles. The van der Waals surface area contributed by atoms with Crippen molar-refractivity contribution in [2.75, 3.05) is 17.7 Å². The molecule has 0 bridgehead atoms. The van der Waals surface area contributed by atoms with Crippen molar-refractivity contribution in [2.24, 2.45) is 0 Å². The molecule has 0 radical (unpaired) electrons. The summed E-state index contributed by atoms with van der Waals surface area (Å²) < 4.78 is 18.7. The van der Waals surface area contributed by atoms with Gasteiger partial charge < -0.3 is 15.1 Å². The van der Waals surface area contributed by atoms with Crippen LogP contribution in [-0.2, 0) is 6.54 Å². The van der Waals surface area contributed by atoms with Crippen molar-refractivity contribution in [3.8, 4) is 0 Å². The molecule has 96 valence electrons. The first kappa shape index (κ1) is 12.8. The van der Waals surface area contributed by atoms with Crippen LogP contribution >= 0.6 is 11.6 Å². The van der Waals surface area contributed by atoms with Crippen LogP contribution in [0.1, 0.15) is 11.5 Å². The zero-order valence-corrected chi connectivity index (χ0v) is 11.0. The van der Waals surface area contributed by atoms with Gasteiger partial charge in [-0.1, -0.05) is 11.6 Å². The molecule has 0 aliphatic rings. The molecule has 0 fully saturated rings. The third kappa shape index (κ3) is 2.59. The number of benzene rings is 1. The number of nitrogens with two attached hydrogens (primary N) is 1. The smallest absolute Gasteiger partial charge is 0.143 e. The summed E-state index contributed by atoms with van der Waals surface area (Å²) in [6.07, 6.45) is 0. The highest BCUT2D eigenvalue weighted by Gasteiger charge is 2.11. The summed E-state index contributed by atoms with van der Waals surface area (Å²) in [5.74, 6) is 1.15. The molecular formula is C13H14ClFN2O. The standard InChI is InChI=1S/C13H14ClFN2O/c1-8-3-4-9(18-8)7-17(2)13-5-10(14)11(15)6-12(13)16/h3-6H,7,16H2,1-2H3. The van der Waals surface area contributed by atoms with Crippen LogP contribution in [0.4, 0.5) is 15.8 Å². The van der Waals surface area contributed by atoms with Gasteiger partial charge in [0.15, 0.2) is 0 Å². The van der Waals surface area contributed by atoms with Crippen LogP contribution in [0.2, 0.25) is 5.02 Å². The molecular weight excluding hydrogens is 255 g/mol. The lowest BCUT2D eigenvalue weighted by molar-refractivity contribution is 0.482. The van der Waals surface area contributed by atoms with Gasteiger partial charge in [0.2, 0.25) is 0 Å². The molecule has 1 heterocycles. The highest BCUT2D eigenvalue weighted by atomic mass is 35.5. The number of furan rings is 1. The second-order valence-electron chi connectivity index (χ2n) is 4.19. The topological polar surface area (TPSA) is 42.4 Å². The third-order valence-corrected chi connectivity index (χ3v) is 2.96. The molecule has 5 heteroatoms. The largest absolute Gasteiger partial charge is 0.464 e. The van der Waals surface area contributed by atoms with Crippen molar-refractivity contribution in [3.63, 3.8) is 0 Å². The zero-order chi connectivity index (χ0) is 13.3. The van der Waals surface area contributed by atoms with Crippen LogP contribution in [0, 0.1) is 12.7 Å². The van der Waals surface area contributed by atoms with Crippen LogP contribution in [-0.4, -0.2) is 7.05 Å². The Bertz CT molecular complexity index is 568. The summed E-state index contributed by atoms with van der Waals surface area (Å²) in [6, 6.07) is 6.53. The van der Waals surface area contributed by atoms with Crippen LogP contribution in [0.5, 0.6) is 0 Å². The Labute approximate surface area is 110 Å². The van der Waals surface area contributed by atoms with Gasteiger partial charge >= 0.3 is 0 Å². The van der Waals surface area contributed by atoms with E-state index in [1.54, 1.807) is 0 Å². The first-order chi connectivity index (χ1) is 8.47. The van der Waals surface area contributed by atoms with E-state index in [-0.39, 0.29) is 5.02 Å². The average molecular weight is 269 g/mol. The first-order valence-corrected chi connectivity index (χ1v) is 5.86. The lowest BCUT2D eigenvalue weighted by atomic mass is 10.2. The van der Waals surface area contributed by atoms with Crippen LogP contribution in [0.25, 0.3) is 0 Å². The molecule has 2 aromatic rings. The second-order valence-corrected chi connectivity index (χ2v) is 4.60. The maximum Gasteiger partial charge on any atom is 0.143 e. The second kappa shape index (κ2) is 4.90. The lowest BCUT2D eigenvalue weighted by Gasteiger charge is -2.20. The van der Waals surface area contributed by atoms with Crippen molar-refractivity contribution in [3.05, 3.63) is 46.6 Å². The molecule has 0 spiro atoms. The highest BCUT2D eigenvalue weighted by molar-refractivity contribution is 6.31. The summed E-state index contributed by atoms with van der Waals surface area (Å²) in [4.78, 5) is 1.86. The average Bonchev–Trinajstić information content (AvgIpc) is 2.69. The molecule has 0 atom stereocenters. The molecule has 0 aliphatic heterocycles. The van der Waals surface area contributed by atoms with Gasteiger partial charge in [0.1, 0.15) is 17.3 Å². The van der Waals surface area contributed by atoms with Crippen LogP contribution in [0.15, 0.2) is 28.7 Å². The number of aryl methyl sites for hydroxylation is 1. The quantitative estimate of drug-likeness (QED) is 0.865. The molecule has 1 aromatic carbocycles. The van der Waals surface area contributed by atoms with E-state index in [2.05, 4.69) is 0 Å². The SMILES string of the molecule is Cc1ccc(CN(C)c2cc(Cl)c(F)cc2N)o1. The number of halogens is 2. The molecule has 0 unspecified atom stereocenters. The van der Waals surface area contributed by atoms with Gasteiger partial charge in [0.05, 0.1) is 22.9 Å². The molecule has 2 N–H and O–H groups in total. The highest BCUT2D eigenvalue weighted by Crippen LogP contribution is 2.29. The number of hydrogen-bond acceptors (Lipinski definition) is 3. The Morgan fingerprint density at radius 3 is 2.72 bits per heavy atom. The predicted octanol–water partition coefficient (Wildman–Crippen LogP) is 3.60. The van der Waals surface area contributed by atoms with E-state index in [9.17, 15) is 4.39 Å². The Balaban J connectivity index is 2.23. The number of nitrogen functional groups attached to an aromatic ring is 1. The first-order valence-electron chi connectivity index (χ1n) is 5.48. The maximum atomic E-state index is 13.2. The summed E-state index contributed by atoms with van der Waals surface area (Å²) in [7, 11) is 1.85. The summed E-state index contributed by atoms with van der Waals surface area (Å²) in [5.41, 5.74) is 6.81. The Hall–Kier alpha value is -1.68. The van der Waals surface area contributed by atoms with Gasteiger partial charge in [0.25, 0.3) is 0 Å². The molecule has 0 aliphatic carbocycles. The van der Waals surface area contributed by atoms with Gasteiger partial charge in [-0.3, -0.25) is 0 Å². The summed E-state index contributed by atoms with van der Waals surface area (Å²) in [5, 5.41) is 0.0571. The maximum absolute atomic E-state index is 13.2. The Kier molecular flexibility index (Phi) is 3.48. The van der Waals surface area contributed by atoms with E-state index < -0.39 is 5.82 Å². The minimum atomic E-state index is -0.514. The molecule has 0 saturated carbocycles. The Morgan fingerprint density at radius 1 is 1.39 bits per heavy atom. The van der Waals surface area contributed by atoms with Crippen molar-refractivity contribution in [1.82, 2.24) is 0 Å². The molecule has 18 heavy (non-hydrogen) atoms. The number of anilines is 2. The molecule has 2 rings (SSSR count). The van der Waals surface area contributed by atoms with E-state index in [4.69, 9.17) is 21.8 Å². The normalized spacial score (nSPS) is 10.7. The molecule has 0 amide bonds. The van der Waals surface area contributed by atoms with Gasteiger partial charge in [-0.2, -0.15) is 0 Å². The van der Waals surface area contributed by atoms with Gasteiger partial charge in [0, 0.05) is 13.1 Å². The van der Waals surface area contributed by atoms with Crippen molar-refractivity contribution in [2.45, 2.75) is 13.5 Å². The van der Waals surface area contributed by atoms with E-state index in [1.165, 1.54) is 12.1 Å². The lowest BCUT2D eigenvalue weighted by Crippen LogP contribution is -2.17. The van der Waals surface area contributed by atoms with E-state index in [0.717, 1.165) is 11.5 Å². The van der Waals surface area contributed by atoms with Gasteiger partial charge in [-0.05, 0) is 25.1 Å². The zero-order valence-electron chi connectivity index (χ0n) is 10.2. The summed E-state index contributed by atoms with van der Waals surface area (Å²) in [6.45, 7) is 2.42. The van der Waals surface area contributed by atoms with Crippen molar-refractivity contribution in [1.29, 1.82) is 0 Å². The monoisotopic (exact) mass is 268 g/mol. The fourth-order valence-corrected chi connectivity index (χ4v) is 1.93. The van der Waals surface area contributed by atoms with E-state index >= 15 is 0 Å². The fraction of sp³-hybridized carbons (Fsp3) is 0.231. The predicted molar refractivity (Wildman–Crippen MR) is 71.4 cm³/mol.